The maximum atomic E-state index is 12.8. The Morgan fingerprint density at radius 2 is 1.79 bits per heavy atom. The van der Waals surface area contributed by atoms with Gasteiger partial charge in [0.1, 0.15) is 0 Å². The molecule has 0 saturated heterocycles. The van der Waals surface area contributed by atoms with E-state index in [0.29, 0.717) is 13.0 Å². The molecular formula is C25H32F3N3O3. The summed E-state index contributed by atoms with van der Waals surface area (Å²) >= 11 is 0. The molecule has 0 bridgehead atoms. The standard InChI is InChI=1S/C25H32F3N3O3/c1-16-7-8-20(18(3)11-16)13-29-10-9-17(2)22(32)14-30-23(33)15-31-24(34)19-5-4-6-21(12-19)25(26,27)28/h4-8,11-12,17,22,29,32H,9-10,13-15H2,1-3H3,(H,30,33)(H,31,34). The highest BCUT2D eigenvalue weighted by Crippen LogP contribution is 2.29. The Bertz CT molecular complexity index is 979. The summed E-state index contributed by atoms with van der Waals surface area (Å²) < 4.78 is 38.3. The molecule has 9 heteroatoms. The Hall–Kier alpha value is -2.91. The van der Waals surface area contributed by atoms with E-state index in [-0.39, 0.29) is 18.0 Å². The van der Waals surface area contributed by atoms with E-state index in [2.05, 4.69) is 48.0 Å². The monoisotopic (exact) mass is 479 g/mol. The summed E-state index contributed by atoms with van der Waals surface area (Å²) in [6, 6.07) is 10.3. The van der Waals surface area contributed by atoms with Gasteiger partial charge in [0.15, 0.2) is 0 Å². The summed E-state index contributed by atoms with van der Waals surface area (Å²) in [6.45, 7) is 7.04. The van der Waals surface area contributed by atoms with E-state index in [9.17, 15) is 27.9 Å². The van der Waals surface area contributed by atoms with Gasteiger partial charge in [-0.1, -0.05) is 36.8 Å². The third kappa shape index (κ3) is 8.79. The van der Waals surface area contributed by atoms with Crippen molar-refractivity contribution in [1.82, 2.24) is 16.0 Å². The number of aliphatic hydroxyl groups is 1. The quantitative estimate of drug-likeness (QED) is 0.372. The Labute approximate surface area is 197 Å². The van der Waals surface area contributed by atoms with Crippen molar-refractivity contribution in [3.8, 4) is 0 Å². The molecule has 0 aliphatic carbocycles. The lowest BCUT2D eigenvalue weighted by molar-refractivity contribution is -0.137. The van der Waals surface area contributed by atoms with Crippen molar-refractivity contribution in [3.05, 3.63) is 70.3 Å². The molecule has 2 rings (SSSR count). The molecule has 34 heavy (non-hydrogen) atoms. The van der Waals surface area contributed by atoms with Crippen LogP contribution in [0.4, 0.5) is 13.2 Å². The maximum Gasteiger partial charge on any atom is 0.416 e. The van der Waals surface area contributed by atoms with Crippen molar-refractivity contribution in [2.75, 3.05) is 19.6 Å². The lowest BCUT2D eigenvalue weighted by Gasteiger charge is -2.20. The first-order valence-electron chi connectivity index (χ1n) is 11.1. The molecule has 0 aliphatic heterocycles. The van der Waals surface area contributed by atoms with Gasteiger partial charge in [0.2, 0.25) is 5.91 Å². The minimum Gasteiger partial charge on any atom is -0.391 e. The number of benzene rings is 2. The van der Waals surface area contributed by atoms with E-state index < -0.39 is 36.2 Å². The Morgan fingerprint density at radius 1 is 1.06 bits per heavy atom. The average Bonchev–Trinajstić information content (AvgIpc) is 2.79. The molecule has 0 heterocycles. The topological polar surface area (TPSA) is 90.5 Å². The molecular weight excluding hydrogens is 447 g/mol. The van der Waals surface area contributed by atoms with Crippen LogP contribution in [0.3, 0.4) is 0 Å². The number of amides is 2. The number of hydrogen-bond donors (Lipinski definition) is 4. The largest absolute Gasteiger partial charge is 0.416 e. The van der Waals surface area contributed by atoms with Crippen LogP contribution in [-0.2, 0) is 17.5 Å². The highest BCUT2D eigenvalue weighted by molar-refractivity contribution is 5.96. The van der Waals surface area contributed by atoms with Crippen LogP contribution >= 0.6 is 0 Å². The number of nitrogens with one attached hydrogen (secondary N) is 3. The number of rotatable bonds is 11. The summed E-state index contributed by atoms with van der Waals surface area (Å²) in [6.07, 6.45) is -4.63. The zero-order valence-electron chi connectivity index (χ0n) is 19.6. The molecule has 0 spiro atoms. The minimum absolute atomic E-state index is 0.0104. The Morgan fingerprint density at radius 3 is 2.47 bits per heavy atom. The molecule has 2 atom stereocenters. The van der Waals surface area contributed by atoms with Gasteiger partial charge in [-0.2, -0.15) is 13.2 Å². The molecule has 0 aliphatic rings. The number of aliphatic hydroxyl groups excluding tert-OH is 1. The average molecular weight is 480 g/mol. The van der Waals surface area contributed by atoms with Gasteiger partial charge in [-0.15, -0.1) is 0 Å². The van der Waals surface area contributed by atoms with Gasteiger partial charge in [0.05, 0.1) is 18.2 Å². The number of halogens is 3. The van der Waals surface area contributed by atoms with Gasteiger partial charge < -0.3 is 21.1 Å². The van der Waals surface area contributed by atoms with Crippen molar-refractivity contribution in [3.63, 3.8) is 0 Å². The van der Waals surface area contributed by atoms with Crippen LogP contribution in [0.2, 0.25) is 0 Å². The number of aryl methyl sites for hydroxylation is 2. The van der Waals surface area contributed by atoms with E-state index in [1.54, 1.807) is 0 Å². The first kappa shape index (κ1) is 27.3. The van der Waals surface area contributed by atoms with Crippen LogP contribution in [0, 0.1) is 19.8 Å². The second-order valence-corrected chi connectivity index (χ2v) is 8.51. The van der Waals surface area contributed by atoms with Gasteiger partial charge in [-0.3, -0.25) is 9.59 Å². The fourth-order valence-electron chi connectivity index (χ4n) is 3.37. The molecule has 6 nitrogen and oxygen atoms in total. The zero-order chi connectivity index (χ0) is 25.3. The molecule has 0 aromatic heterocycles. The fraction of sp³-hybridized carbons (Fsp3) is 0.440. The Kier molecular flexibility index (Phi) is 10.1. The predicted molar refractivity (Wildman–Crippen MR) is 124 cm³/mol. The van der Waals surface area contributed by atoms with E-state index >= 15 is 0 Å². The van der Waals surface area contributed by atoms with Gasteiger partial charge in [-0.05, 0) is 62.1 Å². The first-order valence-corrected chi connectivity index (χ1v) is 11.1. The summed E-state index contributed by atoms with van der Waals surface area (Å²) in [4.78, 5) is 24.0. The van der Waals surface area contributed by atoms with Gasteiger partial charge in [0.25, 0.3) is 5.91 Å². The van der Waals surface area contributed by atoms with Crippen LogP contribution in [0.5, 0.6) is 0 Å². The minimum atomic E-state index is -4.56. The molecule has 2 amide bonds. The van der Waals surface area contributed by atoms with Crippen LogP contribution in [0.15, 0.2) is 42.5 Å². The summed E-state index contributed by atoms with van der Waals surface area (Å²) in [7, 11) is 0. The third-order valence-corrected chi connectivity index (χ3v) is 5.62. The second kappa shape index (κ2) is 12.5. The molecule has 0 radical (unpaired) electrons. The lowest BCUT2D eigenvalue weighted by atomic mass is 10.0. The number of hydrogen-bond acceptors (Lipinski definition) is 4. The van der Waals surface area contributed by atoms with Crippen LogP contribution in [-0.4, -0.2) is 42.7 Å². The summed E-state index contributed by atoms with van der Waals surface area (Å²) in [5, 5.41) is 18.5. The summed E-state index contributed by atoms with van der Waals surface area (Å²) in [5.41, 5.74) is 2.53. The van der Waals surface area contributed by atoms with E-state index in [4.69, 9.17) is 0 Å². The van der Waals surface area contributed by atoms with Crippen LogP contribution in [0.1, 0.15) is 46.0 Å². The third-order valence-electron chi connectivity index (χ3n) is 5.62. The van der Waals surface area contributed by atoms with Crippen LogP contribution in [0.25, 0.3) is 0 Å². The highest BCUT2D eigenvalue weighted by Gasteiger charge is 2.30. The van der Waals surface area contributed by atoms with E-state index in [1.807, 2.05) is 6.92 Å². The van der Waals surface area contributed by atoms with Crippen molar-refractivity contribution in [2.45, 2.75) is 46.0 Å². The normalized spacial score (nSPS) is 13.3. The van der Waals surface area contributed by atoms with Crippen LogP contribution < -0.4 is 16.0 Å². The number of carbonyl (C=O) groups excluding carboxylic acids is 2. The molecule has 2 aromatic rings. The summed E-state index contributed by atoms with van der Waals surface area (Å²) in [5.74, 6) is -1.41. The number of carbonyl (C=O) groups is 2. The van der Waals surface area contributed by atoms with Crippen molar-refractivity contribution < 1.29 is 27.9 Å². The Balaban J connectivity index is 1.67. The molecule has 0 fully saturated rings. The van der Waals surface area contributed by atoms with Gasteiger partial charge in [-0.25, -0.2) is 0 Å². The molecule has 4 N–H and O–H groups in total. The number of alkyl halides is 3. The molecule has 2 unspecified atom stereocenters. The molecule has 0 saturated carbocycles. The lowest BCUT2D eigenvalue weighted by Crippen LogP contribution is -2.41. The first-order chi connectivity index (χ1) is 16.0. The predicted octanol–water partition coefficient (Wildman–Crippen LogP) is 3.35. The highest BCUT2D eigenvalue weighted by atomic mass is 19.4. The smallest absolute Gasteiger partial charge is 0.391 e. The zero-order valence-corrected chi connectivity index (χ0v) is 19.6. The second-order valence-electron chi connectivity index (χ2n) is 8.51. The SMILES string of the molecule is Cc1ccc(CNCCC(C)C(O)CNC(=O)CNC(=O)c2cccc(C(F)(F)F)c2)c(C)c1. The van der Waals surface area contributed by atoms with E-state index in [0.717, 1.165) is 24.7 Å². The van der Waals surface area contributed by atoms with Crippen molar-refractivity contribution in [1.29, 1.82) is 0 Å². The van der Waals surface area contributed by atoms with Gasteiger partial charge >= 0.3 is 6.18 Å². The van der Waals surface area contributed by atoms with Crippen molar-refractivity contribution in [2.24, 2.45) is 5.92 Å². The fourth-order valence-corrected chi connectivity index (χ4v) is 3.37. The molecule has 2 aromatic carbocycles. The maximum absolute atomic E-state index is 12.8. The van der Waals surface area contributed by atoms with E-state index in [1.165, 1.54) is 22.8 Å². The molecule has 186 valence electrons. The van der Waals surface area contributed by atoms with Crippen molar-refractivity contribution >= 4 is 11.8 Å². The van der Waals surface area contributed by atoms with Gasteiger partial charge in [0, 0.05) is 18.7 Å².